The van der Waals surface area contributed by atoms with Crippen LogP contribution in [0.25, 0.3) is 0 Å². The van der Waals surface area contributed by atoms with Gasteiger partial charge < -0.3 is 14.8 Å². The smallest absolute Gasteiger partial charge is 0.335 e. The molecular formula is C16H25NO3. The number of hydrogen-bond acceptors (Lipinski definition) is 4. The van der Waals surface area contributed by atoms with Crippen molar-refractivity contribution in [1.29, 1.82) is 0 Å². The second-order valence-electron chi connectivity index (χ2n) is 4.54. The van der Waals surface area contributed by atoms with Crippen LogP contribution in [0.3, 0.4) is 0 Å². The van der Waals surface area contributed by atoms with E-state index in [4.69, 9.17) is 9.47 Å². The van der Waals surface area contributed by atoms with Crippen LogP contribution in [0.1, 0.15) is 32.3 Å². The summed E-state index contributed by atoms with van der Waals surface area (Å²) >= 11 is 0. The highest BCUT2D eigenvalue weighted by Gasteiger charge is 2.17. The maximum absolute atomic E-state index is 11.5. The van der Waals surface area contributed by atoms with Crippen molar-refractivity contribution in [2.45, 2.75) is 39.3 Å². The Balaban J connectivity index is 2.07. The van der Waals surface area contributed by atoms with Gasteiger partial charge in [0.2, 0.25) is 0 Å². The number of ether oxygens (including phenoxy) is 2. The Hall–Kier alpha value is -1.39. The highest BCUT2D eigenvalue weighted by Crippen LogP contribution is 2.02. The van der Waals surface area contributed by atoms with Gasteiger partial charge in [-0.1, -0.05) is 37.3 Å². The van der Waals surface area contributed by atoms with Crippen LogP contribution in [0.15, 0.2) is 30.3 Å². The van der Waals surface area contributed by atoms with Crippen molar-refractivity contribution in [3.05, 3.63) is 35.9 Å². The van der Waals surface area contributed by atoms with Crippen molar-refractivity contribution in [3.8, 4) is 0 Å². The van der Waals surface area contributed by atoms with Gasteiger partial charge in [-0.15, -0.1) is 0 Å². The third-order valence-corrected chi connectivity index (χ3v) is 2.91. The number of hydrogen-bond donors (Lipinski definition) is 1. The Kier molecular flexibility index (Phi) is 8.67. The van der Waals surface area contributed by atoms with Gasteiger partial charge in [0.15, 0.2) is 6.10 Å². The van der Waals surface area contributed by atoms with E-state index in [1.807, 2.05) is 25.1 Å². The van der Waals surface area contributed by atoms with Crippen LogP contribution in [0.2, 0.25) is 0 Å². The molecule has 0 heterocycles. The van der Waals surface area contributed by atoms with Crippen LogP contribution in [0.4, 0.5) is 0 Å². The van der Waals surface area contributed by atoms with Crippen LogP contribution < -0.4 is 5.32 Å². The standard InChI is InChI=1S/C16H25NO3/c1-3-15(16(18)19-4-2)20-12-8-11-17-13-14-9-6-5-7-10-14/h5-7,9-10,15,17H,3-4,8,11-13H2,1-2H3. The molecular weight excluding hydrogens is 254 g/mol. The van der Waals surface area contributed by atoms with E-state index in [-0.39, 0.29) is 5.97 Å². The zero-order chi connectivity index (χ0) is 14.6. The lowest BCUT2D eigenvalue weighted by Gasteiger charge is -2.14. The van der Waals surface area contributed by atoms with E-state index in [0.717, 1.165) is 19.5 Å². The minimum Gasteiger partial charge on any atom is -0.464 e. The van der Waals surface area contributed by atoms with Gasteiger partial charge in [0, 0.05) is 13.2 Å². The molecule has 0 aliphatic heterocycles. The monoisotopic (exact) mass is 279 g/mol. The first-order valence-electron chi connectivity index (χ1n) is 7.30. The maximum Gasteiger partial charge on any atom is 0.335 e. The average Bonchev–Trinajstić information content (AvgIpc) is 2.48. The van der Waals surface area contributed by atoms with Crippen molar-refractivity contribution < 1.29 is 14.3 Å². The summed E-state index contributed by atoms with van der Waals surface area (Å²) in [5, 5.41) is 3.35. The summed E-state index contributed by atoms with van der Waals surface area (Å²) in [7, 11) is 0. The average molecular weight is 279 g/mol. The summed E-state index contributed by atoms with van der Waals surface area (Å²) in [6.07, 6.45) is 1.10. The van der Waals surface area contributed by atoms with E-state index in [1.54, 1.807) is 6.92 Å². The molecule has 1 aromatic carbocycles. The van der Waals surface area contributed by atoms with Gasteiger partial charge in [0.05, 0.1) is 6.61 Å². The molecule has 1 N–H and O–H groups in total. The van der Waals surface area contributed by atoms with Crippen molar-refractivity contribution in [2.24, 2.45) is 0 Å². The van der Waals surface area contributed by atoms with Crippen molar-refractivity contribution in [3.63, 3.8) is 0 Å². The zero-order valence-electron chi connectivity index (χ0n) is 12.4. The van der Waals surface area contributed by atoms with E-state index >= 15 is 0 Å². The number of benzene rings is 1. The highest BCUT2D eigenvalue weighted by molar-refractivity contribution is 5.74. The second kappa shape index (κ2) is 10.4. The van der Waals surface area contributed by atoms with Gasteiger partial charge in [0.25, 0.3) is 0 Å². The molecule has 1 rings (SSSR count). The fourth-order valence-corrected chi connectivity index (χ4v) is 1.84. The van der Waals surface area contributed by atoms with E-state index < -0.39 is 6.10 Å². The van der Waals surface area contributed by atoms with Crippen molar-refractivity contribution in [2.75, 3.05) is 19.8 Å². The lowest BCUT2D eigenvalue weighted by atomic mass is 10.2. The van der Waals surface area contributed by atoms with Gasteiger partial charge in [0.1, 0.15) is 0 Å². The number of nitrogens with one attached hydrogen (secondary N) is 1. The Morgan fingerprint density at radius 3 is 2.65 bits per heavy atom. The lowest BCUT2D eigenvalue weighted by molar-refractivity contribution is -0.156. The molecule has 0 aliphatic carbocycles. The molecule has 4 heteroatoms. The molecule has 0 aliphatic rings. The van der Waals surface area contributed by atoms with Crippen LogP contribution in [-0.2, 0) is 20.8 Å². The Bertz CT molecular complexity index is 367. The van der Waals surface area contributed by atoms with Crippen LogP contribution in [0, 0.1) is 0 Å². The Labute approximate surface area is 121 Å². The van der Waals surface area contributed by atoms with E-state index in [2.05, 4.69) is 17.4 Å². The highest BCUT2D eigenvalue weighted by atomic mass is 16.6. The second-order valence-corrected chi connectivity index (χ2v) is 4.54. The fraction of sp³-hybridized carbons (Fsp3) is 0.562. The molecule has 1 atom stereocenters. The molecule has 0 spiro atoms. The summed E-state index contributed by atoms with van der Waals surface area (Å²) in [6.45, 7) is 6.42. The van der Waals surface area contributed by atoms with Crippen LogP contribution in [0.5, 0.6) is 0 Å². The molecule has 0 radical (unpaired) electrons. The van der Waals surface area contributed by atoms with Gasteiger partial charge in [-0.05, 0) is 31.9 Å². The SMILES string of the molecule is CCOC(=O)C(CC)OCCCNCc1ccccc1. The molecule has 0 saturated heterocycles. The number of carbonyl (C=O) groups excluding carboxylic acids is 1. The van der Waals surface area contributed by atoms with Crippen molar-refractivity contribution >= 4 is 5.97 Å². The first-order chi connectivity index (χ1) is 9.77. The molecule has 20 heavy (non-hydrogen) atoms. The normalized spacial score (nSPS) is 12.1. The Morgan fingerprint density at radius 2 is 2.00 bits per heavy atom. The molecule has 0 amide bonds. The minimum atomic E-state index is -0.427. The third kappa shape index (κ3) is 6.68. The maximum atomic E-state index is 11.5. The predicted octanol–water partition coefficient (Wildman–Crippen LogP) is 2.52. The summed E-state index contributed by atoms with van der Waals surface area (Å²) in [6, 6.07) is 10.3. The summed E-state index contributed by atoms with van der Waals surface area (Å²) in [5.41, 5.74) is 1.27. The van der Waals surface area contributed by atoms with E-state index in [1.165, 1.54) is 5.56 Å². The molecule has 0 bridgehead atoms. The number of esters is 1. The van der Waals surface area contributed by atoms with Gasteiger partial charge in [-0.2, -0.15) is 0 Å². The molecule has 0 aromatic heterocycles. The summed E-state index contributed by atoms with van der Waals surface area (Å²) in [5.74, 6) is -0.257. The molecule has 0 saturated carbocycles. The van der Waals surface area contributed by atoms with Gasteiger partial charge >= 0.3 is 5.97 Å². The number of rotatable bonds is 10. The largest absolute Gasteiger partial charge is 0.464 e. The van der Waals surface area contributed by atoms with Crippen LogP contribution in [-0.4, -0.2) is 31.8 Å². The molecule has 1 aromatic rings. The predicted molar refractivity (Wildman–Crippen MR) is 79.4 cm³/mol. The molecule has 4 nitrogen and oxygen atoms in total. The van der Waals surface area contributed by atoms with Crippen LogP contribution >= 0.6 is 0 Å². The summed E-state index contributed by atoms with van der Waals surface area (Å²) < 4.78 is 10.5. The molecule has 0 fully saturated rings. The van der Waals surface area contributed by atoms with Gasteiger partial charge in [-0.3, -0.25) is 0 Å². The first kappa shape index (κ1) is 16.7. The number of carbonyl (C=O) groups is 1. The minimum absolute atomic E-state index is 0.257. The summed E-state index contributed by atoms with van der Waals surface area (Å²) in [4.78, 5) is 11.5. The quantitative estimate of drug-likeness (QED) is 0.528. The molecule has 112 valence electrons. The fourth-order valence-electron chi connectivity index (χ4n) is 1.84. The molecule has 1 unspecified atom stereocenters. The van der Waals surface area contributed by atoms with Gasteiger partial charge in [-0.25, -0.2) is 4.79 Å². The first-order valence-corrected chi connectivity index (χ1v) is 7.30. The van der Waals surface area contributed by atoms with E-state index in [9.17, 15) is 4.79 Å². The lowest BCUT2D eigenvalue weighted by Crippen LogP contribution is -2.27. The van der Waals surface area contributed by atoms with Crippen molar-refractivity contribution in [1.82, 2.24) is 5.32 Å². The van der Waals surface area contributed by atoms with E-state index in [0.29, 0.717) is 19.6 Å². The zero-order valence-corrected chi connectivity index (χ0v) is 12.4. The Morgan fingerprint density at radius 1 is 1.25 bits per heavy atom. The third-order valence-electron chi connectivity index (χ3n) is 2.91. The topological polar surface area (TPSA) is 47.6 Å².